The molecule has 94 valence electrons. The Hall–Kier alpha value is -1.22. The quantitative estimate of drug-likeness (QED) is 0.822. The highest BCUT2D eigenvalue weighted by molar-refractivity contribution is 5.41. The van der Waals surface area contributed by atoms with Crippen LogP contribution in [0.2, 0.25) is 0 Å². The van der Waals surface area contributed by atoms with Crippen LogP contribution in [0.25, 0.3) is 0 Å². The fraction of sp³-hybridized carbons (Fsp3) is 0.571. The number of rotatable bonds is 6. The highest BCUT2D eigenvalue weighted by atomic mass is 16.5. The number of hydrogen-bond donors (Lipinski definition) is 1. The Morgan fingerprint density at radius 1 is 1.29 bits per heavy atom. The zero-order chi connectivity index (χ0) is 12.3. The van der Waals surface area contributed by atoms with E-state index in [2.05, 4.69) is 6.07 Å². The summed E-state index contributed by atoms with van der Waals surface area (Å²) in [5.41, 5.74) is 7.08. The van der Waals surface area contributed by atoms with E-state index in [0.717, 1.165) is 30.4 Å². The van der Waals surface area contributed by atoms with Gasteiger partial charge >= 0.3 is 0 Å². The molecule has 0 radical (unpaired) electrons. The first-order valence-electron chi connectivity index (χ1n) is 6.19. The standard InChI is InChI=1S/C14H21NO2/c1-16-13-6-5-11(14(8-13)17-2)7-12(9-15)10-3-4-10/h5-6,8,10,12H,3-4,7,9,15H2,1-2H3. The molecule has 1 fully saturated rings. The van der Waals surface area contributed by atoms with Gasteiger partial charge in [0, 0.05) is 6.07 Å². The lowest BCUT2D eigenvalue weighted by Gasteiger charge is -2.16. The molecule has 1 unspecified atom stereocenters. The minimum absolute atomic E-state index is 0.595. The minimum Gasteiger partial charge on any atom is -0.497 e. The van der Waals surface area contributed by atoms with Gasteiger partial charge in [-0.05, 0) is 49.3 Å². The highest BCUT2D eigenvalue weighted by Crippen LogP contribution is 2.39. The van der Waals surface area contributed by atoms with Crippen LogP contribution in [0.15, 0.2) is 18.2 Å². The lowest BCUT2D eigenvalue weighted by Crippen LogP contribution is -2.19. The molecule has 0 heterocycles. The van der Waals surface area contributed by atoms with E-state index in [9.17, 15) is 0 Å². The zero-order valence-electron chi connectivity index (χ0n) is 10.6. The molecule has 0 saturated heterocycles. The van der Waals surface area contributed by atoms with Crippen molar-refractivity contribution in [2.24, 2.45) is 17.6 Å². The third-order valence-electron chi connectivity index (χ3n) is 3.57. The van der Waals surface area contributed by atoms with Gasteiger partial charge in [0.1, 0.15) is 11.5 Å². The summed E-state index contributed by atoms with van der Waals surface area (Å²) in [5.74, 6) is 3.16. The molecule has 17 heavy (non-hydrogen) atoms. The van der Waals surface area contributed by atoms with Crippen molar-refractivity contribution in [1.29, 1.82) is 0 Å². The Morgan fingerprint density at radius 2 is 2.06 bits per heavy atom. The first kappa shape index (κ1) is 12.2. The Kier molecular flexibility index (Phi) is 3.89. The van der Waals surface area contributed by atoms with Crippen LogP contribution in [-0.4, -0.2) is 20.8 Å². The third kappa shape index (κ3) is 2.91. The monoisotopic (exact) mass is 235 g/mol. The summed E-state index contributed by atoms with van der Waals surface area (Å²) >= 11 is 0. The predicted octanol–water partition coefficient (Wildman–Crippen LogP) is 2.23. The van der Waals surface area contributed by atoms with Crippen LogP contribution in [0, 0.1) is 11.8 Å². The van der Waals surface area contributed by atoms with Gasteiger partial charge in [0.25, 0.3) is 0 Å². The summed E-state index contributed by atoms with van der Waals surface area (Å²) in [7, 11) is 3.37. The van der Waals surface area contributed by atoms with Gasteiger partial charge in [0.05, 0.1) is 14.2 Å². The number of hydrogen-bond acceptors (Lipinski definition) is 3. The molecule has 1 aromatic carbocycles. The largest absolute Gasteiger partial charge is 0.497 e. The number of ether oxygens (including phenoxy) is 2. The molecule has 1 saturated carbocycles. The van der Waals surface area contributed by atoms with Gasteiger partial charge in [0.15, 0.2) is 0 Å². The molecule has 0 amide bonds. The maximum Gasteiger partial charge on any atom is 0.125 e. The molecule has 0 spiro atoms. The van der Waals surface area contributed by atoms with Gasteiger partial charge in [-0.15, -0.1) is 0 Å². The maximum atomic E-state index is 5.84. The second-order valence-corrected chi connectivity index (χ2v) is 4.72. The summed E-state index contributed by atoms with van der Waals surface area (Å²) in [4.78, 5) is 0. The van der Waals surface area contributed by atoms with Crippen molar-refractivity contribution in [2.45, 2.75) is 19.3 Å². The maximum absolute atomic E-state index is 5.84. The molecule has 2 N–H and O–H groups in total. The SMILES string of the molecule is COc1ccc(CC(CN)C2CC2)c(OC)c1. The van der Waals surface area contributed by atoms with Crippen molar-refractivity contribution in [2.75, 3.05) is 20.8 Å². The smallest absolute Gasteiger partial charge is 0.125 e. The van der Waals surface area contributed by atoms with Crippen molar-refractivity contribution in [3.63, 3.8) is 0 Å². The van der Waals surface area contributed by atoms with Gasteiger partial charge in [-0.1, -0.05) is 6.07 Å². The van der Waals surface area contributed by atoms with Gasteiger partial charge in [-0.25, -0.2) is 0 Å². The summed E-state index contributed by atoms with van der Waals surface area (Å²) in [6.07, 6.45) is 3.68. The minimum atomic E-state index is 0.595. The van der Waals surface area contributed by atoms with Gasteiger partial charge in [-0.2, -0.15) is 0 Å². The van der Waals surface area contributed by atoms with Crippen LogP contribution in [0.1, 0.15) is 18.4 Å². The Bertz CT molecular complexity index is 374. The van der Waals surface area contributed by atoms with Crippen LogP contribution in [0.3, 0.4) is 0 Å². The van der Waals surface area contributed by atoms with E-state index in [1.54, 1.807) is 14.2 Å². The Labute approximate surface area is 103 Å². The van der Waals surface area contributed by atoms with Crippen molar-refractivity contribution in [3.8, 4) is 11.5 Å². The molecule has 2 rings (SSSR count). The van der Waals surface area contributed by atoms with E-state index < -0.39 is 0 Å². The molecule has 3 heteroatoms. The fourth-order valence-corrected chi connectivity index (χ4v) is 2.31. The van der Waals surface area contributed by atoms with E-state index >= 15 is 0 Å². The van der Waals surface area contributed by atoms with Crippen LogP contribution < -0.4 is 15.2 Å². The third-order valence-corrected chi connectivity index (χ3v) is 3.57. The Morgan fingerprint density at radius 3 is 2.59 bits per heavy atom. The first-order chi connectivity index (χ1) is 8.28. The molecule has 0 aromatic heterocycles. The zero-order valence-corrected chi connectivity index (χ0v) is 10.6. The van der Waals surface area contributed by atoms with Crippen LogP contribution in [0.4, 0.5) is 0 Å². The van der Waals surface area contributed by atoms with Crippen molar-refractivity contribution in [1.82, 2.24) is 0 Å². The van der Waals surface area contributed by atoms with Crippen molar-refractivity contribution >= 4 is 0 Å². The lowest BCUT2D eigenvalue weighted by molar-refractivity contribution is 0.384. The predicted molar refractivity (Wildman–Crippen MR) is 68.5 cm³/mol. The van der Waals surface area contributed by atoms with Crippen molar-refractivity contribution in [3.05, 3.63) is 23.8 Å². The van der Waals surface area contributed by atoms with Crippen LogP contribution in [0.5, 0.6) is 11.5 Å². The van der Waals surface area contributed by atoms with Crippen molar-refractivity contribution < 1.29 is 9.47 Å². The van der Waals surface area contributed by atoms with Crippen LogP contribution >= 0.6 is 0 Å². The molecule has 1 aromatic rings. The van der Waals surface area contributed by atoms with E-state index in [0.29, 0.717) is 5.92 Å². The average Bonchev–Trinajstić information content (AvgIpc) is 3.20. The number of nitrogens with two attached hydrogens (primary N) is 1. The van der Waals surface area contributed by atoms with E-state index in [4.69, 9.17) is 15.2 Å². The molecule has 1 aliphatic carbocycles. The second kappa shape index (κ2) is 5.41. The van der Waals surface area contributed by atoms with E-state index in [1.807, 2.05) is 12.1 Å². The Balaban J connectivity index is 2.13. The summed E-state index contributed by atoms with van der Waals surface area (Å²) in [5, 5.41) is 0. The molecular weight excluding hydrogens is 214 g/mol. The van der Waals surface area contributed by atoms with Gasteiger partial charge in [-0.3, -0.25) is 0 Å². The van der Waals surface area contributed by atoms with Gasteiger partial charge in [0.2, 0.25) is 0 Å². The van der Waals surface area contributed by atoms with Crippen LogP contribution in [-0.2, 0) is 6.42 Å². The normalized spacial score (nSPS) is 16.6. The molecule has 1 atom stereocenters. The van der Waals surface area contributed by atoms with Gasteiger partial charge < -0.3 is 15.2 Å². The molecular formula is C14H21NO2. The van der Waals surface area contributed by atoms with E-state index in [1.165, 1.54) is 18.4 Å². The van der Waals surface area contributed by atoms with E-state index in [-0.39, 0.29) is 0 Å². The molecule has 0 aliphatic heterocycles. The highest BCUT2D eigenvalue weighted by Gasteiger charge is 2.30. The molecule has 0 bridgehead atoms. The molecule has 3 nitrogen and oxygen atoms in total. The fourth-order valence-electron chi connectivity index (χ4n) is 2.31. The second-order valence-electron chi connectivity index (χ2n) is 4.72. The summed E-state index contributed by atoms with van der Waals surface area (Å²) < 4.78 is 10.6. The topological polar surface area (TPSA) is 44.5 Å². The summed E-state index contributed by atoms with van der Waals surface area (Å²) in [6, 6.07) is 6.01. The number of benzene rings is 1. The average molecular weight is 235 g/mol. The number of methoxy groups -OCH3 is 2. The lowest BCUT2D eigenvalue weighted by atomic mass is 9.94. The summed E-state index contributed by atoms with van der Waals surface area (Å²) in [6.45, 7) is 0.764. The molecule has 1 aliphatic rings. The first-order valence-corrected chi connectivity index (χ1v) is 6.19.